The SMILES string of the molecule is CNCc1cc(OC)c(OCOCC2CC2)c(OC)c1. The van der Waals surface area contributed by atoms with Crippen molar-refractivity contribution in [2.24, 2.45) is 5.92 Å². The van der Waals surface area contributed by atoms with Crippen LogP contribution in [0.3, 0.4) is 0 Å². The first-order chi connectivity index (χ1) is 9.78. The van der Waals surface area contributed by atoms with Crippen molar-refractivity contribution in [1.82, 2.24) is 5.32 Å². The van der Waals surface area contributed by atoms with Gasteiger partial charge in [-0.1, -0.05) is 0 Å². The molecule has 1 aliphatic rings. The van der Waals surface area contributed by atoms with Crippen LogP contribution in [-0.4, -0.2) is 34.7 Å². The molecule has 0 atom stereocenters. The molecule has 0 saturated heterocycles. The van der Waals surface area contributed by atoms with Gasteiger partial charge in [0.25, 0.3) is 0 Å². The van der Waals surface area contributed by atoms with Gasteiger partial charge >= 0.3 is 0 Å². The predicted molar refractivity (Wildman–Crippen MR) is 76.5 cm³/mol. The zero-order chi connectivity index (χ0) is 14.4. The molecule has 0 amide bonds. The third-order valence-corrected chi connectivity index (χ3v) is 3.24. The average Bonchev–Trinajstić information content (AvgIpc) is 3.28. The van der Waals surface area contributed by atoms with Gasteiger partial charge in [0.15, 0.2) is 18.3 Å². The Kier molecular flexibility index (Phi) is 5.49. The summed E-state index contributed by atoms with van der Waals surface area (Å²) in [6.07, 6.45) is 2.54. The van der Waals surface area contributed by atoms with E-state index in [0.717, 1.165) is 24.6 Å². The number of hydrogen-bond donors (Lipinski definition) is 1. The number of methoxy groups -OCH3 is 2. The fraction of sp³-hybridized carbons (Fsp3) is 0.600. The van der Waals surface area contributed by atoms with Gasteiger partial charge in [-0.25, -0.2) is 0 Å². The van der Waals surface area contributed by atoms with Crippen molar-refractivity contribution in [1.29, 1.82) is 0 Å². The molecule has 0 spiro atoms. The first-order valence-corrected chi connectivity index (χ1v) is 6.88. The molecule has 0 aromatic heterocycles. The molecule has 1 aromatic carbocycles. The zero-order valence-electron chi connectivity index (χ0n) is 12.4. The van der Waals surface area contributed by atoms with Crippen LogP contribution >= 0.6 is 0 Å². The van der Waals surface area contributed by atoms with E-state index in [1.165, 1.54) is 12.8 Å². The van der Waals surface area contributed by atoms with Crippen LogP contribution in [0.25, 0.3) is 0 Å². The molecular formula is C15H23NO4. The van der Waals surface area contributed by atoms with Gasteiger partial charge in [0.1, 0.15) is 0 Å². The number of hydrogen-bond acceptors (Lipinski definition) is 5. The summed E-state index contributed by atoms with van der Waals surface area (Å²) in [6.45, 7) is 1.72. The summed E-state index contributed by atoms with van der Waals surface area (Å²) in [4.78, 5) is 0. The lowest BCUT2D eigenvalue weighted by Gasteiger charge is -2.16. The quantitative estimate of drug-likeness (QED) is 0.555. The van der Waals surface area contributed by atoms with Crippen molar-refractivity contribution in [3.05, 3.63) is 17.7 Å². The Morgan fingerprint density at radius 2 is 1.80 bits per heavy atom. The van der Waals surface area contributed by atoms with Gasteiger partial charge in [-0.2, -0.15) is 0 Å². The van der Waals surface area contributed by atoms with Crippen molar-refractivity contribution < 1.29 is 18.9 Å². The third kappa shape index (κ3) is 4.02. The Morgan fingerprint density at radius 3 is 2.30 bits per heavy atom. The number of benzene rings is 1. The van der Waals surface area contributed by atoms with E-state index in [1.807, 2.05) is 19.2 Å². The van der Waals surface area contributed by atoms with Gasteiger partial charge < -0.3 is 24.3 Å². The molecule has 0 radical (unpaired) electrons. The molecule has 0 heterocycles. The maximum absolute atomic E-state index is 5.67. The second-order valence-corrected chi connectivity index (χ2v) is 4.94. The molecule has 2 rings (SSSR count). The molecule has 1 saturated carbocycles. The van der Waals surface area contributed by atoms with Gasteiger partial charge in [-0.15, -0.1) is 0 Å². The monoisotopic (exact) mass is 281 g/mol. The Labute approximate surface area is 120 Å². The second-order valence-electron chi connectivity index (χ2n) is 4.94. The topological polar surface area (TPSA) is 49.0 Å². The molecule has 5 heteroatoms. The molecule has 112 valence electrons. The van der Waals surface area contributed by atoms with Gasteiger partial charge in [0, 0.05) is 6.54 Å². The van der Waals surface area contributed by atoms with E-state index in [-0.39, 0.29) is 6.79 Å². The molecular weight excluding hydrogens is 258 g/mol. The Morgan fingerprint density at radius 1 is 1.15 bits per heavy atom. The van der Waals surface area contributed by atoms with Crippen LogP contribution in [0.5, 0.6) is 17.2 Å². The molecule has 1 aromatic rings. The molecule has 1 fully saturated rings. The second kappa shape index (κ2) is 7.36. The first kappa shape index (κ1) is 14.9. The minimum absolute atomic E-state index is 0.217. The molecule has 0 bridgehead atoms. The summed E-state index contributed by atoms with van der Waals surface area (Å²) in [5.74, 6) is 2.63. The van der Waals surface area contributed by atoms with Gasteiger partial charge in [-0.3, -0.25) is 0 Å². The lowest BCUT2D eigenvalue weighted by molar-refractivity contribution is 0.00727. The maximum atomic E-state index is 5.67. The van der Waals surface area contributed by atoms with Crippen LogP contribution in [0.1, 0.15) is 18.4 Å². The summed E-state index contributed by atoms with van der Waals surface area (Å²) in [5, 5.41) is 3.10. The van der Waals surface area contributed by atoms with Crippen molar-refractivity contribution in [3.8, 4) is 17.2 Å². The molecule has 1 aliphatic carbocycles. The zero-order valence-corrected chi connectivity index (χ0v) is 12.4. The van der Waals surface area contributed by atoms with Gasteiger partial charge in [0.2, 0.25) is 5.75 Å². The third-order valence-electron chi connectivity index (χ3n) is 3.24. The first-order valence-electron chi connectivity index (χ1n) is 6.88. The van der Waals surface area contributed by atoms with Crippen LogP contribution in [0.15, 0.2) is 12.1 Å². The fourth-order valence-electron chi connectivity index (χ4n) is 1.98. The molecule has 0 unspecified atom stereocenters. The average molecular weight is 281 g/mol. The number of nitrogens with one attached hydrogen (secondary N) is 1. The van der Waals surface area contributed by atoms with Crippen LogP contribution in [0.2, 0.25) is 0 Å². The summed E-state index contributed by atoms with van der Waals surface area (Å²) in [6, 6.07) is 3.88. The summed E-state index contributed by atoms with van der Waals surface area (Å²) >= 11 is 0. The number of ether oxygens (including phenoxy) is 4. The standard InChI is InChI=1S/C15H23NO4/c1-16-8-12-6-13(17-2)15(14(7-12)18-3)20-10-19-9-11-4-5-11/h6-7,11,16H,4-5,8-10H2,1-3H3. The van der Waals surface area contributed by atoms with E-state index in [2.05, 4.69) is 5.32 Å². The summed E-state index contributed by atoms with van der Waals surface area (Å²) in [5.41, 5.74) is 1.08. The minimum atomic E-state index is 0.217. The highest BCUT2D eigenvalue weighted by Crippen LogP contribution is 2.38. The van der Waals surface area contributed by atoms with E-state index in [9.17, 15) is 0 Å². The van der Waals surface area contributed by atoms with Gasteiger partial charge in [-0.05, 0) is 43.5 Å². The lowest BCUT2D eigenvalue weighted by atomic mass is 10.2. The molecule has 20 heavy (non-hydrogen) atoms. The van der Waals surface area contributed by atoms with Crippen molar-refractivity contribution in [2.45, 2.75) is 19.4 Å². The Bertz CT molecular complexity index is 407. The van der Waals surface area contributed by atoms with Crippen LogP contribution < -0.4 is 19.5 Å². The van der Waals surface area contributed by atoms with E-state index in [4.69, 9.17) is 18.9 Å². The predicted octanol–water partition coefficient (Wildman–Crippen LogP) is 2.19. The van der Waals surface area contributed by atoms with Crippen molar-refractivity contribution in [3.63, 3.8) is 0 Å². The van der Waals surface area contributed by atoms with Crippen LogP contribution in [0, 0.1) is 5.92 Å². The van der Waals surface area contributed by atoms with Crippen LogP contribution in [0.4, 0.5) is 0 Å². The summed E-state index contributed by atoms with van der Waals surface area (Å²) < 4.78 is 21.9. The highest BCUT2D eigenvalue weighted by molar-refractivity contribution is 5.53. The smallest absolute Gasteiger partial charge is 0.206 e. The van der Waals surface area contributed by atoms with E-state index >= 15 is 0 Å². The molecule has 0 aliphatic heterocycles. The summed E-state index contributed by atoms with van der Waals surface area (Å²) in [7, 11) is 5.14. The lowest BCUT2D eigenvalue weighted by Crippen LogP contribution is -2.09. The Balaban J connectivity index is 2.03. The van der Waals surface area contributed by atoms with Crippen LogP contribution in [-0.2, 0) is 11.3 Å². The molecule has 5 nitrogen and oxygen atoms in total. The fourth-order valence-corrected chi connectivity index (χ4v) is 1.98. The van der Waals surface area contributed by atoms with Crippen molar-refractivity contribution in [2.75, 3.05) is 34.7 Å². The highest BCUT2D eigenvalue weighted by Gasteiger charge is 2.21. The van der Waals surface area contributed by atoms with E-state index < -0.39 is 0 Å². The Hall–Kier alpha value is -1.46. The number of rotatable bonds is 9. The maximum Gasteiger partial charge on any atom is 0.206 e. The van der Waals surface area contributed by atoms with Gasteiger partial charge in [0.05, 0.1) is 20.8 Å². The van der Waals surface area contributed by atoms with E-state index in [1.54, 1.807) is 14.2 Å². The van der Waals surface area contributed by atoms with E-state index in [0.29, 0.717) is 17.2 Å². The largest absolute Gasteiger partial charge is 0.493 e. The minimum Gasteiger partial charge on any atom is -0.493 e. The normalized spacial score (nSPS) is 14.2. The van der Waals surface area contributed by atoms with Crippen molar-refractivity contribution >= 4 is 0 Å². The highest BCUT2D eigenvalue weighted by atomic mass is 16.7. The molecule has 1 N–H and O–H groups in total.